The second-order valence-electron chi connectivity index (χ2n) is 5.20. The number of hydrogen-bond acceptors (Lipinski definition) is 6. The lowest BCUT2D eigenvalue weighted by Crippen LogP contribution is -2.30. The fourth-order valence-corrected chi connectivity index (χ4v) is 2.71. The molecule has 3 rings (SSSR count). The van der Waals surface area contributed by atoms with E-state index in [0.717, 1.165) is 36.6 Å². The summed E-state index contributed by atoms with van der Waals surface area (Å²) in [4.78, 5) is 10.8. The topological polar surface area (TPSA) is 95.8 Å². The van der Waals surface area contributed by atoms with Gasteiger partial charge in [0, 0.05) is 30.8 Å². The summed E-state index contributed by atoms with van der Waals surface area (Å²) in [6, 6.07) is 2.40. The molecule has 0 saturated carbocycles. The Labute approximate surface area is 127 Å². The number of nitrogens with one attached hydrogen (secondary N) is 2. The fraction of sp³-hybridized carbons (Fsp3) is 0.462. The molecule has 0 radical (unpaired) electrons. The summed E-state index contributed by atoms with van der Waals surface area (Å²) in [6.45, 7) is 3.76. The molecule has 1 aliphatic rings. The molecule has 1 atom stereocenters. The second-order valence-corrected chi connectivity index (χ2v) is 5.56. The molecule has 0 aliphatic carbocycles. The Morgan fingerprint density at radius 3 is 2.90 bits per heavy atom. The Morgan fingerprint density at radius 2 is 2.29 bits per heavy atom. The number of halogens is 1. The standard InChI is InChI=1S/C13H18ClN7/c1-7-11(19-20-12(7)14)9-5-10(18-13(15)17-9)21-4-3-8(6-21)16-2/h5,8,16H,3-4,6H2,1-2H3,(H,19,20)(H2,15,17,18)/t8-/m1/s1. The smallest absolute Gasteiger partial charge is 0.222 e. The zero-order valence-corrected chi connectivity index (χ0v) is 12.8. The summed E-state index contributed by atoms with van der Waals surface area (Å²) in [7, 11) is 1.98. The molecular formula is C13H18ClN7. The van der Waals surface area contributed by atoms with E-state index in [1.165, 1.54) is 0 Å². The first-order valence-corrected chi connectivity index (χ1v) is 7.24. The molecule has 1 saturated heterocycles. The fourth-order valence-electron chi connectivity index (χ4n) is 2.57. The van der Waals surface area contributed by atoms with Crippen LogP contribution in [0.1, 0.15) is 12.0 Å². The Balaban J connectivity index is 1.95. The molecule has 0 unspecified atom stereocenters. The van der Waals surface area contributed by atoms with Crippen LogP contribution in [0.25, 0.3) is 11.4 Å². The monoisotopic (exact) mass is 307 g/mol. The average molecular weight is 308 g/mol. The molecular weight excluding hydrogens is 290 g/mol. The highest BCUT2D eigenvalue weighted by molar-refractivity contribution is 6.30. The van der Waals surface area contributed by atoms with E-state index in [-0.39, 0.29) is 5.95 Å². The van der Waals surface area contributed by atoms with E-state index in [4.69, 9.17) is 17.3 Å². The van der Waals surface area contributed by atoms with E-state index in [1.54, 1.807) is 0 Å². The largest absolute Gasteiger partial charge is 0.368 e. The van der Waals surface area contributed by atoms with Crippen molar-refractivity contribution in [2.45, 2.75) is 19.4 Å². The van der Waals surface area contributed by atoms with Gasteiger partial charge in [0.1, 0.15) is 5.82 Å². The van der Waals surface area contributed by atoms with Gasteiger partial charge in [-0.2, -0.15) is 10.1 Å². The molecule has 112 valence electrons. The number of nitrogens with zero attached hydrogens (tertiary/aromatic N) is 4. The van der Waals surface area contributed by atoms with Crippen molar-refractivity contribution in [1.29, 1.82) is 0 Å². The van der Waals surface area contributed by atoms with Gasteiger partial charge in [-0.05, 0) is 20.4 Å². The highest BCUT2D eigenvalue weighted by Gasteiger charge is 2.23. The van der Waals surface area contributed by atoms with Crippen molar-refractivity contribution in [2.75, 3.05) is 30.8 Å². The summed E-state index contributed by atoms with van der Waals surface area (Å²) in [5.41, 5.74) is 8.20. The summed E-state index contributed by atoms with van der Waals surface area (Å²) >= 11 is 5.99. The van der Waals surface area contributed by atoms with Crippen LogP contribution in [0.3, 0.4) is 0 Å². The first-order valence-electron chi connectivity index (χ1n) is 6.86. The molecule has 7 nitrogen and oxygen atoms in total. The first-order chi connectivity index (χ1) is 10.1. The van der Waals surface area contributed by atoms with Gasteiger partial charge in [-0.25, -0.2) is 4.98 Å². The average Bonchev–Trinajstić information content (AvgIpc) is 3.06. The molecule has 3 heterocycles. The van der Waals surface area contributed by atoms with Crippen LogP contribution in [-0.4, -0.2) is 46.3 Å². The number of nitrogen functional groups attached to an aromatic ring is 1. The molecule has 0 amide bonds. The normalized spacial score (nSPS) is 18.4. The molecule has 2 aromatic heterocycles. The summed E-state index contributed by atoms with van der Waals surface area (Å²) in [5, 5.41) is 10.6. The van der Waals surface area contributed by atoms with Crippen LogP contribution in [0.4, 0.5) is 11.8 Å². The first kappa shape index (κ1) is 14.1. The zero-order chi connectivity index (χ0) is 15.0. The predicted octanol–water partition coefficient (Wildman–Crippen LogP) is 1.21. The van der Waals surface area contributed by atoms with Gasteiger partial charge in [0.25, 0.3) is 0 Å². The van der Waals surface area contributed by atoms with Crippen molar-refractivity contribution >= 4 is 23.4 Å². The van der Waals surface area contributed by atoms with Crippen LogP contribution in [0.5, 0.6) is 0 Å². The molecule has 1 aliphatic heterocycles. The number of aromatic amines is 1. The Morgan fingerprint density at radius 1 is 1.48 bits per heavy atom. The third kappa shape index (κ3) is 2.66. The Kier molecular flexibility index (Phi) is 3.69. The molecule has 4 N–H and O–H groups in total. The van der Waals surface area contributed by atoms with E-state index < -0.39 is 0 Å². The highest BCUT2D eigenvalue weighted by atomic mass is 35.5. The zero-order valence-electron chi connectivity index (χ0n) is 12.0. The van der Waals surface area contributed by atoms with Gasteiger partial charge in [0.2, 0.25) is 5.95 Å². The molecule has 2 aromatic rings. The van der Waals surface area contributed by atoms with Gasteiger partial charge in [-0.3, -0.25) is 5.10 Å². The summed E-state index contributed by atoms with van der Waals surface area (Å²) in [5.74, 6) is 1.08. The quantitative estimate of drug-likeness (QED) is 0.789. The summed E-state index contributed by atoms with van der Waals surface area (Å²) in [6.07, 6.45) is 1.09. The van der Waals surface area contributed by atoms with Crippen molar-refractivity contribution in [2.24, 2.45) is 0 Å². The number of aromatic nitrogens is 4. The minimum atomic E-state index is 0.250. The molecule has 1 fully saturated rings. The minimum absolute atomic E-state index is 0.250. The number of likely N-dealkylation sites (N-methyl/N-ethyl adjacent to an activating group) is 1. The van der Waals surface area contributed by atoms with Gasteiger partial charge in [0.05, 0.1) is 11.4 Å². The van der Waals surface area contributed by atoms with Gasteiger partial charge in [-0.15, -0.1) is 0 Å². The molecule has 0 aromatic carbocycles. The number of rotatable bonds is 3. The third-order valence-corrected chi connectivity index (χ3v) is 4.22. The van der Waals surface area contributed by atoms with Crippen LogP contribution in [-0.2, 0) is 0 Å². The van der Waals surface area contributed by atoms with Crippen molar-refractivity contribution in [3.63, 3.8) is 0 Å². The van der Waals surface area contributed by atoms with E-state index in [0.29, 0.717) is 16.9 Å². The number of anilines is 2. The predicted molar refractivity (Wildman–Crippen MR) is 83.5 cm³/mol. The number of nitrogens with two attached hydrogens (primary N) is 1. The second kappa shape index (κ2) is 5.50. The Bertz CT molecular complexity index is 654. The maximum Gasteiger partial charge on any atom is 0.222 e. The molecule has 0 bridgehead atoms. The number of hydrogen-bond donors (Lipinski definition) is 3. The maximum absolute atomic E-state index is 5.99. The van der Waals surface area contributed by atoms with Crippen LogP contribution in [0.2, 0.25) is 5.15 Å². The molecule has 0 spiro atoms. The van der Waals surface area contributed by atoms with Gasteiger partial charge in [0.15, 0.2) is 5.15 Å². The van der Waals surface area contributed by atoms with Crippen LogP contribution >= 0.6 is 11.6 Å². The minimum Gasteiger partial charge on any atom is -0.368 e. The summed E-state index contributed by atoms with van der Waals surface area (Å²) < 4.78 is 0. The van der Waals surface area contributed by atoms with Crippen molar-refractivity contribution in [3.8, 4) is 11.4 Å². The number of H-pyrrole nitrogens is 1. The van der Waals surface area contributed by atoms with E-state index >= 15 is 0 Å². The van der Waals surface area contributed by atoms with Crippen LogP contribution < -0.4 is 16.0 Å². The van der Waals surface area contributed by atoms with Gasteiger partial charge < -0.3 is 16.0 Å². The van der Waals surface area contributed by atoms with Crippen molar-refractivity contribution < 1.29 is 0 Å². The van der Waals surface area contributed by atoms with E-state index in [9.17, 15) is 0 Å². The lowest BCUT2D eigenvalue weighted by Gasteiger charge is -2.18. The molecule has 21 heavy (non-hydrogen) atoms. The lowest BCUT2D eigenvalue weighted by molar-refractivity contribution is 0.616. The maximum atomic E-state index is 5.99. The highest BCUT2D eigenvalue weighted by Crippen LogP contribution is 2.28. The van der Waals surface area contributed by atoms with E-state index in [1.807, 2.05) is 20.0 Å². The SMILES string of the molecule is CN[C@@H]1CCN(c2cc(-c3[nH]nc(Cl)c3C)nc(N)n2)C1. The lowest BCUT2D eigenvalue weighted by atomic mass is 10.2. The van der Waals surface area contributed by atoms with Gasteiger partial charge in [-0.1, -0.05) is 11.6 Å². The van der Waals surface area contributed by atoms with Crippen molar-refractivity contribution in [1.82, 2.24) is 25.5 Å². The Hall–Kier alpha value is -1.86. The molecule has 8 heteroatoms. The third-order valence-electron chi connectivity index (χ3n) is 3.86. The van der Waals surface area contributed by atoms with Crippen LogP contribution in [0.15, 0.2) is 6.07 Å². The van der Waals surface area contributed by atoms with Crippen LogP contribution in [0, 0.1) is 6.92 Å². The van der Waals surface area contributed by atoms with Crippen molar-refractivity contribution in [3.05, 3.63) is 16.8 Å². The van der Waals surface area contributed by atoms with Gasteiger partial charge >= 0.3 is 0 Å². The van der Waals surface area contributed by atoms with E-state index in [2.05, 4.69) is 30.4 Å².